The van der Waals surface area contributed by atoms with Gasteiger partial charge in [-0.2, -0.15) is 0 Å². The third-order valence-corrected chi connectivity index (χ3v) is 2.40. The van der Waals surface area contributed by atoms with Gasteiger partial charge in [-0.15, -0.1) is 0 Å². The number of hydrogen-bond donors (Lipinski definition) is 1. The van der Waals surface area contributed by atoms with Gasteiger partial charge in [0.05, 0.1) is 0 Å². The molecule has 0 saturated carbocycles. The van der Waals surface area contributed by atoms with E-state index in [2.05, 4.69) is 5.32 Å². The maximum atomic E-state index is 12.6. The highest BCUT2D eigenvalue weighted by Crippen LogP contribution is 2.03. The SMILES string of the molecule is CCN(CC)C(=O)N/C=C/c1ccc(F)cc1. The van der Waals surface area contributed by atoms with Crippen molar-refractivity contribution in [2.45, 2.75) is 13.8 Å². The first-order valence-electron chi connectivity index (χ1n) is 5.65. The van der Waals surface area contributed by atoms with Gasteiger partial charge < -0.3 is 10.2 Å². The molecule has 17 heavy (non-hydrogen) atoms. The number of nitrogens with zero attached hydrogens (tertiary/aromatic N) is 1. The first kappa shape index (κ1) is 13.2. The summed E-state index contributed by atoms with van der Waals surface area (Å²) >= 11 is 0. The van der Waals surface area contributed by atoms with E-state index in [0.717, 1.165) is 5.56 Å². The summed E-state index contributed by atoms with van der Waals surface area (Å²) in [6.07, 6.45) is 3.29. The average Bonchev–Trinajstić information content (AvgIpc) is 2.33. The van der Waals surface area contributed by atoms with Crippen LogP contribution in [0.1, 0.15) is 19.4 Å². The number of hydrogen-bond acceptors (Lipinski definition) is 1. The van der Waals surface area contributed by atoms with Gasteiger partial charge in [-0.1, -0.05) is 12.1 Å². The Hall–Kier alpha value is -1.84. The third kappa shape index (κ3) is 4.26. The lowest BCUT2D eigenvalue weighted by molar-refractivity contribution is 0.207. The van der Waals surface area contributed by atoms with Crippen molar-refractivity contribution in [1.29, 1.82) is 0 Å². The van der Waals surface area contributed by atoms with Crippen LogP contribution in [0, 0.1) is 5.82 Å². The van der Waals surface area contributed by atoms with Gasteiger partial charge in [0.25, 0.3) is 0 Å². The van der Waals surface area contributed by atoms with Crippen LogP contribution in [0.25, 0.3) is 6.08 Å². The maximum absolute atomic E-state index is 12.6. The Labute approximate surface area is 101 Å². The molecular formula is C13H17FN2O. The fourth-order valence-corrected chi connectivity index (χ4v) is 1.39. The van der Waals surface area contributed by atoms with Gasteiger partial charge in [-0.25, -0.2) is 9.18 Å². The molecular weight excluding hydrogens is 219 g/mol. The normalized spacial score (nSPS) is 10.5. The molecule has 2 amide bonds. The molecule has 1 aromatic rings. The van der Waals surface area contributed by atoms with Crippen molar-refractivity contribution in [3.63, 3.8) is 0 Å². The van der Waals surface area contributed by atoms with Crippen molar-refractivity contribution in [3.05, 3.63) is 41.8 Å². The van der Waals surface area contributed by atoms with Crippen molar-refractivity contribution >= 4 is 12.1 Å². The second-order valence-electron chi connectivity index (χ2n) is 3.51. The zero-order valence-electron chi connectivity index (χ0n) is 10.1. The van der Waals surface area contributed by atoms with Gasteiger partial charge in [0, 0.05) is 19.3 Å². The molecule has 0 saturated heterocycles. The predicted molar refractivity (Wildman–Crippen MR) is 66.9 cm³/mol. The molecule has 0 aliphatic heterocycles. The van der Waals surface area contributed by atoms with Crippen LogP contribution >= 0.6 is 0 Å². The lowest BCUT2D eigenvalue weighted by Gasteiger charge is -2.17. The third-order valence-electron chi connectivity index (χ3n) is 2.40. The Kier molecular flexibility index (Phi) is 5.20. The zero-order chi connectivity index (χ0) is 12.7. The van der Waals surface area contributed by atoms with Crippen LogP contribution in [0.5, 0.6) is 0 Å². The Bertz CT molecular complexity index is 383. The van der Waals surface area contributed by atoms with Crippen LogP contribution in [-0.4, -0.2) is 24.0 Å². The van der Waals surface area contributed by atoms with E-state index in [1.54, 1.807) is 29.3 Å². The van der Waals surface area contributed by atoms with Crippen LogP contribution in [-0.2, 0) is 0 Å². The molecule has 1 rings (SSSR count). The van der Waals surface area contributed by atoms with Gasteiger partial charge in [-0.05, 0) is 37.6 Å². The summed E-state index contributed by atoms with van der Waals surface area (Å²) in [4.78, 5) is 13.2. The molecule has 0 unspecified atom stereocenters. The average molecular weight is 236 g/mol. The fraction of sp³-hybridized carbons (Fsp3) is 0.308. The Morgan fingerprint density at radius 2 is 1.88 bits per heavy atom. The van der Waals surface area contributed by atoms with E-state index < -0.39 is 0 Å². The number of carbonyl (C=O) groups excluding carboxylic acids is 1. The zero-order valence-corrected chi connectivity index (χ0v) is 10.1. The minimum atomic E-state index is -0.269. The van der Waals surface area contributed by atoms with Gasteiger partial charge in [0.15, 0.2) is 0 Å². The quantitative estimate of drug-likeness (QED) is 0.856. The van der Waals surface area contributed by atoms with Crippen LogP contribution in [0.4, 0.5) is 9.18 Å². The minimum absolute atomic E-state index is 0.131. The summed E-state index contributed by atoms with van der Waals surface area (Å²) in [5, 5.41) is 2.66. The molecule has 0 heterocycles. The standard InChI is InChI=1S/C13H17FN2O/c1-3-16(4-2)13(17)15-10-9-11-5-7-12(14)8-6-11/h5-10H,3-4H2,1-2H3,(H,15,17)/b10-9+. The molecule has 0 radical (unpaired) electrons. The molecule has 0 bridgehead atoms. The Balaban J connectivity index is 2.50. The van der Waals surface area contributed by atoms with E-state index in [-0.39, 0.29) is 11.8 Å². The van der Waals surface area contributed by atoms with Crippen molar-refractivity contribution in [1.82, 2.24) is 10.2 Å². The van der Waals surface area contributed by atoms with E-state index in [0.29, 0.717) is 13.1 Å². The van der Waals surface area contributed by atoms with Crippen LogP contribution < -0.4 is 5.32 Å². The summed E-state index contributed by atoms with van der Waals surface area (Å²) in [5.74, 6) is -0.269. The Morgan fingerprint density at radius 3 is 2.41 bits per heavy atom. The first-order valence-corrected chi connectivity index (χ1v) is 5.65. The summed E-state index contributed by atoms with van der Waals surface area (Å²) in [7, 11) is 0. The van der Waals surface area contributed by atoms with E-state index in [4.69, 9.17) is 0 Å². The number of nitrogens with one attached hydrogen (secondary N) is 1. The van der Waals surface area contributed by atoms with Gasteiger partial charge >= 0.3 is 6.03 Å². The monoisotopic (exact) mass is 236 g/mol. The molecule has 0 fully saturated rings. The molecule has 1 N–H and O–H groups in total. The maximum Gasteiger partial charge on any atom is 0.321 e. The Morgan fingerprint density at radius 1 is 1.29 bits per heavy atom. The van der Waals surface area contributed by atoms with Gasteiger partial charge in [-0.3, -0.25) is 0 Å². The van der Waals surface area contributed by atoms with Crippen molar-refractivity contribution in [2.24, 2.45) is 0 Å². The number of urea groups is 1. The second-order valence-corrected chi connectivity index (χ2v) is 3.51. The van der Waals surface area contributed by atoms with Crippen LogP contribution in [0.2, 0.25) is 0 Å². The minimum Gasteiger partial charge on any atom is -0.325 e. The van der Waals surface area contributed by atoms with Crippen LogP contribution in [0.3, 0.4) is 0 Å². The van der Waals surface area contributed by atoms with Gasteiger partial charge in [0.1, 0.15) is 5.82 Å². The molecule has 0 aliphatic carbocycles. The molecule has 1 aromatic carbocycles. The summed E-state index contributed by atoms with van der Waals surface area (Å²) in [6, 6.07) is 5.93. The fourth-order valence-electron chi connectivity index (χ4n) is 1.39. The van der Waals surface area contributed by atoms with Crippen molar-refractivity contribution in [2.75, 3.05) is 13.1 Å². The highest BCUT2D eigenvalue weighted by Gasteiger charge is 2.05. The first-order chi connectivity index (χ1) is 8.17. The number of carbonyl (C=O) groups is 1. The molecule has 4 heteroatoms. The topological polar surface area (TPSA) is 32.3 Å². The lowest BCUT2D eigenvalue weighted by atomic mass is 10.2. The van der Waals surface area contributed by atoms with Crippen molar-refractivity contribution < 1.29 is 9.18 Å². The van der Waals surface area contributed by atoms with E-state index in [1.807, 2.05) is 13.8 Å². The predicted octanol–water partition coefficient (Wildman–Crippen LogP) is 2.85. The molecule has 0 atom stereocenters. The molecule has 0 spiro atoms. The summed E-state index contributed by atoms with van der Waals surface area (Å²) < 4.78 is 12.6. The number of halogens is 1. The lowest BCUT2D eigenvalue weighted by Crippen LogP contribution is -2.37. The van der Waals surface area contributed by atoms with E-state index >= 15 is 0 Å². The number of rotatable bonds is 4. The summed E-state index contributed by atoms with van der Waals surface area (Å²) in [6.45, 7) is 5.19. The highest BCUT2D eigenvalue weighted by atomic mass is 19.1. The number of benzene rings is 1. The second kappa shape index (κ2) is 6.68. The largest absolute Gasteiger partial charge is 0.325 e. The van der Waals surface area contributed by atoms with E-state index in [1.165, 1.54) is 12.1 Å². The molecule has 3 nitrogen and oxygen atoms in total. The number of amides is 2. The van der Waals surface area contributed by atoms with Crippen LogP contribution in [0.15, 0.2) is 30.5 Å². The molecule has 0 aliphatic rings. The molecule has 0 aromatic heterocycles. The molecule has 92 valence electrons. The summed E-state index contributed by atoms with van der Waals surface area (Å²) in [5.41, 5.74) is 0.839. The van der Waals surface area contributed by atoms with E-state index in [9.17, 15) is 9.18 Å². The van der Waals surface area contributed by atoms with Gasteiger partial charge in [0.2, 0.25) is 0 Å². The van der Waals surface area contributed by atoms with Crippen molar-refractivity contribution in [3.8, 4) is 0 Å². The highest BCUT2D eigenvalue weighted by molar-refractivity contribution is 5.76. The smallest absolute Gasteiger partial charge is 0.321 e.